The van der Waals surface area contributed by atoms with Crippen LogP contribution in [-0.2, 0) is 0 Å². The minimum absolute atomic E-state index is 0.250. The van der Waals surface area contributed by atoms with Crippen molar-refractivity contribution in [1.29, 1.82) is 0 Å². The van der Waals surface area contributed by atoms with Gasteiger partial charge in [-0.15, -0.1) is 0 Å². The molecule has 100 valence electrons. The Morgan fingerprint density at radius 2 is 2.15 bits per heavy atom. The first-order chi connectivity index (χ1) is 9.63. The highest BCUT2D eigenvalue weighted by atomic mass is 79.9. The summed E-state index contributed by atoms with van der Waals surface area (Å²) in [5.41, 5.74) is 2.80. The maximum atomic E-state index is 12.2. The Balaban J connectivity index is 1.88. The number of carbonyl (C=O) groups is 1. The molecule has 0 aliphatic rings. The van der Waals surface area contributed by atoms with Gasteiger partial charge in [-0.3, -0.25) is 4.79 Å². The molecule has 0 unspecified atom stereocenters. The Bertz CT molecular complexity index is 798. The smallest absolute Gasteiger partial charge is 0.256 e. The van der Waals surface area contributed by atoms with E-state index in [9.17, 15) is 4.79 Å². The number of benzene rings is 1. The van der Waals surface area contributed by atoms with Crippen molar-refractivity contribution in [1.82, 2.24) is 9.97 Å². The van der Waals surface area contributed by atoms with E-state index >= 15 is 0 Å². The zero-order chi connectivity index (χ0) is 14.1. The number of carbonyl (C=O) groups excluding carboxylic acids is 1. The predicted molar refractivity (Wildman–Crippen MR) is 78.6 cm³/mol. The SMILES string of the molecule is Cc1cnc(NC(=O)c2ccc3ncoc3c2)c(Br)c1. The molecule has 0 fully saturated rings. The molecule has 2 heterocycles. The van der Waals surface area contributed by atoms with E-state index in [1.54, 1.807) is 24.4 Å². The second kappa shape index (κ2) is 5.05. The lowest BCUT2D eigenvalue weighted by Crippen LogP contribution is -2.13. The first kappa shape index (κ1) is 12.8. The van der Waals surface area contributed by atoms with Crippen LogP contribution < -0.4 is 5.32 Å². The highest BCUT2D eigenvalue weighted by Gasteiger charge is 2.11. The van der Waals surface area contributed by atoms with E-state index in [2.05, 4.69) is 31.2 Å². The number of pyridine rings is 1. The number of oxazole rings is 1. The van der Waals surface area contributed by atoms with Crippen molar-refractivity contribution in [2.45, 2.75) is 6.92 Å². The summed E-state index contributed by atoms with van der Waals surface area (Å²) in [7, 11) is 0. The summed E-state index contributed by atoms with van der Waals surface area (Å²) in [5, 5.41) is 2.75. The zero-order valence-electron chi connectivity index (χ0n) is 10.6. The van der Waals surface area contributed by atoms with E-state index in [1.807, 2.05) is 13.0 Å². The van der Waals surface area contributed by atoms with Gasteiger partial charge >= 0.3 is 0 Å². The van der Waals surface area contributed by atoms with Crippen molar-refractivity contribution >= 4 is 38.8 Å². The molecule has 6 heteroatoms. The third-order valence-electron chi connectivity index (χ3n) is 2.80. The lowest BCUT2D eigenvalue weighted by molar-refractivity contribution is 0.102. The van der Waals surface area contributed by atoms with Crippen LogP contribution in [0, 0.1) is 6.92 Å². The van der Waals surface area contributed by atoms with Crippen molar-refractivity contribution < 1.29 is 9.21 Å². The molecule has 1 amide bonds. The molecule has 3 rings (SSSR count). The van der Waals surface area contributed by atoms with E-state index in [1.165, 1.54) is 6.39 Å². The van der Waals surface area contributed by atoms with Crippen molar-refractivity contribution in [2.75, 3.05) is 5.32 Å². The third-order valence-corrected chi connectivity index (χ3v) is 3.41. The molecule has 0 spiro atoms. The molecule has 2 aromatic heterocycles. The summed E-state index contributed by atoms with van der Waals surface area (Å²) in [6.07, 6.45) is 3.05. The van der Waals surface area contributed by atoms with Crippen LogP contribution in [-0.4, -0.2) is 15.9 Å². The number of hydrogen-bond donors (Lipinski definition) is 1. The minimum Gasteiger partial charge on any atom is -0.443 e. The summed E-state index contributed by atoms with van der Waals surface area (Å²) in [4.78, 5) is 20.4. The fraction of sp³-hybridized carbons (Fsp3) is 0.0714. The van der Waals surface area contributed by atoms with E-state index in [-0.39, 0.29) is 5.91 Å². The number of hydrogen-bond acceptors (Lipinski definition) is 4. The zero-order valence-corrected chi connectivity index (χ0v) is 12.1. The third kappa shape index (κ3) is 2.42. The van der Waals surface area contributed by atoms with Gasteiger partial charge in [-0.1, -0.05) is 0 Å². The molecule has 0 aliphatic heterocycles. The number of fused-ring (bicyclic) bond motifs is 1. The van der Waals surface area contributed by atoms with Crippen LogP contribution in [0.15, 0.2) is 45.7 Å². The van der Waals surface area contributed by atoms with Crippen LogP contribution in [0.5, 0.6) is 0 Å². The van der Waals surface area contributed by atoms with Gasteiger partial charge in [0.05, 0.1) is 4.47 Å². The van der Waals surface area contributed by atoms with Crippen LogP contribution in [0.3, 0.4) is 0 Å². The molecular weight excluding hydrogens is 322 g/mol. The van der Waals surface area contributed by atoms with Crippen molar-refractivity contribution in [3.05, 3.63) is 52.5 Å². The van der Waals surface area contributed by atoms with E-state index < -0.39 is 0 Å². The molecular formula is C14H10BrN3O2. The lowest BCUT2D eigenvalue weighted by Gasteiger charge is -2.06. The summed E-state index contributed by atoms with van der Waals surface area (Å²) in [6, 6.07) is 6.98. The number of amides is 1. The average Bonchev–Trinajstić information content (AvgIpc) is 2.89. The van der Waals surface area contributed by atoms with Crippen molar-refractivity contribution in [3.8, 4) is 0 Å². The summed E-state index contributed by atoms with van der Waals surface area (Å²) in [5.74, 6) is 0.235. The molecule has 20 heavy (non-hydrogen) atoms. The number of halogens is 1. The Morgan fingerprint density at radius 1 is 1.30 bits per heavy atom. The fourth-order valence-electron chi connectivity index (χ4n) is 1.80. The second-order valence-electron chi connectivity index (χ2n) is 4.33. The molecule has 0 bridgehead atoms. The standard InChI is InChI=1S/C14H10BrN3O2/c1-8-4-10(15)13(16-6-8)18-14(19)9-2-3-11-12(5-9)20-7-17-11/h2-7H,1H3,(H,16,18,19). The summed E-state index contributed by atoms with van der Waals surface area (Å²) >= 11 is 3.38. The predicted octanol–water partition coefficient (Wildman–Crippen LogP) is 3.55. The molecule has 0 aliphatic carbocycles. The first-order valence-corrected chi connectivity index (χ1v) is 6.69. The summed E-state index contributed by atoms with van der Waals surface area (Å²) < 4.78 is 5.92. The molecule has 0 atom stereocenters. The van der Waals surface area contributed by atoms with Gasteiger partial charge in [0.25, 0.3) is 5.91 Å². The van der Waals surface area contributed by atoms with Crippen LogP contribution in [0.25, 0.3) is 11.1 Å². The monoisotopic (exact) mass is 331 g/mol. The van der Waals surface area contributed by atoms with Gasteiger partial charge in [0.1, 0.15) is 11.3 Å². The van der Waals surface area contributed by atoms with Crippen LogP contribution in [0.4, 0.5) is 5.82 Å². The maximum Gasteiger partial charge on any atom is 0.256 e. The maximum absolute atomic E-state index is 12.2. The molecule has 0 saturated carbocycles. The topological polar surface area (TPSA) is 68.0 Å². The second-order valence-corrected chi connectivity index (χ2v) is 5.19. The van der Waals surface area contributed by atoms with Gasteiger partial charge in [-0.2, -0.15) is 0 Å². The Labute approximate surface area is 123 Å². The van der Waals surface area contributed by atoms with Gasteiger partial charge < -0.3 is 9.73 Å². The van der Waals surface area contributed by atoms with Crippen LogP contribution in [0.1, 0.15) is 15.9 Å². The van der Waals surface area contributed by atoms with Gasteiger partial charge in [0.2, 0.25) is 0 Å². The van der Waals surface area contributed by atoms with Crippen LogP contribution >= 0.6 is 15.9 Å². The molecule has 0 radical (unpaired) electrons. The first-order valence-electron chi connectivity index (χ1n) is 5.90. The van der Waals surface area contributed by atoms with Gasteiger partial charge in [0.15, 0.2) is 12.0 Å². The Morgan fingerprint density at radius 3 is 2.95 bits per heavy atom. The number of nitrogens with zero attached hydrogens (tertiary/aromatic N) is 2. The quantitative estimate of drug-likeness (QED) is 0.779. The number of aryl methyl sites for hydroxylation is 1. The summed E-state index contributed by atoms with van der Waals surface area (Å²) in [6.45, 7) is 1.93. The van der Waals surface area contributed by atoms with E-state index in [4.69, 9.17) is 4.42 Å². The van der Waals surface area contributed by atoms with Crippen molar-refractivity contribution in [2.24, 2.45) is 0 Å². The van der Waals surface area contributed by atoms with E-state index in [0.717, 1.165) is 15.6 Å². The molecule has 3 aromatic rings. The highest BCUT2D eigenvalue weighted by molar-refractivity contribution is 9.10. The normalized spacial score (nSPS) is 10.7. The van der Waals surface area contributed by atoms with Gasteiger partial charge in [-0.25, -0.2) is 9.97 Å². The number of nitrogens with one attached hydrogen (secondary N) is 1. The lowest BCUT2D eigenvalue weighted by atomic mass is 10.2. The molecule has 5 nitrogen and oxygen atoms in total. The highest BCUT2D eigenvalue weighted by Crippen LogP contribution is 2.22. The average molecular weight is 332 g/mol. The molecule has 0 saturated heterocycles. The molecule has 1 aromatic carbocycles. The number of anilines is 1. The number of aromatic nitrogens is 2. The Hall–Kier alpha value is -2.21. The van der Waals surface area contributed by atoms with Crippen molar-refractivity contribution in [3.63, 3.8) is 0 Å². The fourth-order valence-corrected chi connectivity index (χ4v) is 2.36. The van der Waals surface area contributed by atoms with Gasteiger partial charge in [0, 0.05) is 11.8 Å². The van der Waals surface area contributed by atoms with E-state index in [0.29, 0.717) is 17.0 Å². The van der Waals surface area contributed by atoms with Crippen LogP contribution in [0.2, 0.25) is 0 Å². The Kier molecular flexibility index (Phi) is 3.23. The minimum atomic E-state index is -0.250. The van der Waals surface area contributed by atoms with Gasteiger partial charge in [-0.05, 0) is 52.7 Å². The largest absolute Gasteiger partial charge is 0.443 e. The molecule has 1 N–H and O–H groups in total. The number of rotatable bonds is 2.